The standard InChI is InChI=1S/C16H22N6O/c23-16(12-2-1-3-12)19-9-13-8-14-10-21(6-7-22(14)20-13)11-15-17-4-5-18-15/h4-5,8,12H,1-3,6-7,9-11H2,(H,17,18)(H,19,23). The third-order valence-electron chi connectivity index (χ3n) is 4.78. The molecule has 0 spiro atoms. The van der Waals surface area contributed by atoms with Gasteiger partial charge >= 0.3 is 0 Å². The van der Waals surface area contributed by atoms with Crippen molar-refractivity contribution in [2.45, 2.75) is 45.4 Å². The molecule has 23 heavy (non-hydrogen) atoms. The second kappa shape index (κ2) is 6.16. The Hall–Kier alpha value is -2.15. The van der Waals surface area contributed by atoms with Gasteiger partial charge in [0.15, 0.2) is 0 Å². The third-order valence-corrected chi connectivity index (χ3v) is 4.78. The van der Waals surface area contributed by atoms with Crippen molar-refractivity contribution in [1.82, 2.24) is 30.0 Å². The van der Waals surface area contributed by atoms with Crippen molar-refractivity contribution >= 4 is 5.91 Å². The van der Waals surface area contributed by atoms with E-state index in [2.05, 4.69) is 36.0 Å². The highest BCUT2D eigenvalue weighted by Crippen LogP contribution is 2.26. The van der Waals surface area contributed by atoms with Gasteiger partial charge in [-0.25, -0.2) is 4.98 Å². The van der Waals surface area contributed by atoms with Crippen LogP contribution in [0.4, 0.5) is 0 Å². The molecule has 0 radical (unpaired) electrons. The van der Waals surface area contributed by atoms with E-state index in [4.69, 9.17) is 0 Å². The van der Waals surface area contributed by atoms with E-state index in [9.17, 15) is 4.79 Å². The summed E-state index contributed by atoms with van der Waals surface area (Å²) in [5, 5.41) is 7.62. The fraction of sp³-hybridized carbons (Fsp3) is 0.562. The Bertz CT molecular complexity index is 673. The van der Waals surface area contributed by atoms with Crippen LogP contribution in [-0.2, 0) is 31.0 Å². The molecule has 7 nitrogen and oxygen atoms in total. The first kappa shape index (κ1) is 14.4. The molecule has 0 unspecified atom stereocenters. The highest BCUT2D eigenvalue weighted by Gasteiger charge is 2.25. The Labute approximate surface area is 135 Å². The summed E-state index contributed by atoms with van der Waals surface area (Å²) in [7, 11) is 0. The second-order valence-electron chi connectivity index (χ2n) is 6.44. The van der Waals surface area contributed by atoms with Gasteiger partial charge in [-0.15, -0.1) is 0 Å². The van der Waals surface area contributed by atoms with Crippen LogP contribution in [0.5, 0.6) is 0 Å². The number of hydrogen-bond acceptors (Lipinski definition) is 4. The van der Waals surface area contributed by atoms with E-state index in [1.54, 1.807) is 6.20 Å². The van der Waals surface area contributed by atoms with Gasteiger partial charge < -0.3 is 10.3 Å². The maximum Gasteiger partial charge on any atom is 0.223 e. The maximum atomic E-state index is 11.9. The van der Waals surface area contributed by atoms with Gasteiger partial charge in [0.2, 0.25) is 5.91 Å². The normalized spacial score (nSPS) is 18.4. The Balaban J connectivity index is 1.34. The van der Waals surface area contributed by atoms with Crippen molar-refractivity contribution < 1.29 is 4.79 Å². The smallest absolute Gasteiger partial charge is 0.223 e. The van der Waals surface area contributed by atoms with Crippen molar-refractivity contribution in [2.75, 3.05) is 6.54 Å². The summed E-state index contributed by atoms with van der Waals surface area (Å²) < 4.78 is 2.06. The first-order chi connectivity index (χ1) is 11.3. The molecule has 1 fully saturated rings. The summed E-state index contributed by atoms with van der Waals surface area (Å²) >= 11 is 0. The van der Waals surface area contributed by atoms with Crippen LogP contribution < -0.4 is 5.32 Å². The summed E-state index contributed by atoms with van der Waals surface area (Å²) in [6, 6.07) is 2.11. The second-order valence-corrected chi connectivity index (χ2v) is 6.44. The number of hydrogen-bond donors (Lipinski definition) is 2. The van der Waals surface area contributed by atoms with Gasteiger partial charge in [0.25, 0.3) is 0 Å². The Morgan fingerprint density at radius 3 is 3.04 bits per heavy atom. The van der Waals surface area contributed by atoms with Crippen LogP contribution in [0, 0.1) is 5.92 Å². The van der Waals surface area contributed by atoms with Gasteiger partial charge in [-0.2, -0.15) is 5.10 Å². The molecule has 2 aromatic rings. The number of fused-ring (bicyclic) bond motifs is 1. The van der Waals surface area contributed by atoms with Gasteiger partial charge in [0.05, 0.1) is 31.0 Å². The summed E-state index contributed by atoms with van der Waals surface area (Å²) in [6.07, 6.45) is 6.89. The van der Waals surface area contributed by atoms with Gasteiger partial charge in [-0.3, -0.25) is 14.4 Å². The number of nitrogens with one attached hydrogen (secondary N) is 2. The zero-order valence-corrected chi connectivity index (χ0v) is 13.2. The minimum absolute atomic E-state index is 0.182. The number of amides is 1. The molecule has 2 aliphatic rings. The Morgan fingerprint density at radius 2 is 2.30 bits per heavy atom. The average molecular weight is 314 g/mol. The topological polar surface area (TPSA) is 78.8 Å². The number of carbonyl (C=O) groups excluding carboxylic acids is 1. The SMILES string of the molecule is O=C(NCc1cc2n(n1)CCN(Cc1ncc[nH]1)C2)C1CCC1. The lowest BCUT2D eigenvalue weighted by molar-refractivity contribution is -0.127. The van der Waals surface area contributed by atoms with Crippen LogP contribution in [0.25, 0.3) is 0 Å². The lowest BCUT2D eigenvalue weighted by atomic mass is 9.85. The molecule has 2 N–H and O–H groups in total. The van der Waals surface area contributed by atoms with E-state index in [-0.39, 0.29) is 11.8 Å². The molecule has 0 saturated heterocycles. The lowest BCUT2D eigenvalue weighted by Crippen LogP contribution is -2.34. The zero-order chi connectivity index (χ0) is 15.6. The monoisotopic (exact) mass is 314 g/mol. The molecule has 1 aliphatic carbocycles. The average Bonchev–Trinajstić information content (AvgIpc) is 3.12. The first-order valence-electron chi connectivity index (χ1n) is 8.32. The quantitative estimate of drug-likeness (QED) is 0.864. The molecular formula is C16H22N6O. The molecule has 0 atom stereocenters. The summed E-state index contributed by atoms with van der Waals surface area (Å²) in [4.78, 5) is 21.7. The van der Waals surface area contributed by atoms with Gasteiger partial charge in [-0.05, 0) is 18.9 Å². The summed E-state index contributed by atoms with van der Waals surface area (Å²) in [5.41, 5.74) is 2.16. The zero-order valence-electron chi connectivity index (χ0n) is 13.2. The van der Waals surface area contributed by atoms with Crippen molar-refractivity contribution in [2.24, 2.45) is 5.92 Å². The number of aromatic nitrogens is 4. The number of aromatic amines is 1. The predicted octanol–water partition coefficient (Wildman–Crippen LogP) is 1.04. The van der Waals surface area contributed by atoms with Crippen LogP contribution >= 0.6 is 0 Å². The van der Waals surface area contributed by atoms with Crippen LogP contribution in [-0.4, -0.2) is 37.1 Å². The largest absolute Gasteiger partial charge is 0.350 e. The van der Waals surface area contributed by atoms with Gasteiger partial charge in [-0.1, -0.05) is 6.42 Å². The fourth-order valence-electron chi connectivity index (χ4n) is 3.19. The van der Waals surface area contributed by atoms with Gasteiger partial charge in [0.1, 0.15) is 5.82 Å². The Kier molecular flexibility index (Phi) is 3.87. The summed E-state index contributed by atoms with van der Waals surface area (Å²) in [5.74, 6) is 1.41. The molecule has 1 aliphatic heterocycles. The first-order valence-corrected chi connectivity index (χ1v) is 8.32. The van der Waals surface area contributed by atoms with Crippen molar-refractivity contribution in [3.05, 3.63) is 35.7 Å². The van der Waals surface area contributed by atoms with E-state index < -0.39 is 0 Å². The molecule has 3 heterocycles. The number of carbonyl (C=O) groups is 1. The van der Waals surface area contributed by atoms with E-state index in [0.29, 0.717) is 6.54 Å². The molecule has 1 saturated carbocycles. The molecule has 4 rings (SSSR count). The van der Waals surface area contributed by atoms with Crippen LogP contribution in [0.15, 0.2) is 18.5 Å². The van der Waals surface area contributed by atoms with Crippen LogP contribution in [0.2, 0.25) is 0 Å². The number of rotatable bonds is 5. The summed E-state index contributed by atoms with van der Waals surface area (Å²) in [6.45, 7) is 4.07. The minimum Gasteiger partial charge on any atom is -0.350 e. The molecular weight excluding hydrogens is 292 g/mol. The predicted molar refractivity (Wildman–Crippen MR) is 84.1 cm³/mol. The van der Waals surface area contributed by atoms with Gasteiger partial charge in [0, 0.05) is 31.4 Å². The van der Waals surface area contributed by atoms with Crippen molar-refractivity contribution in [1.29, 1.82) is 0 Å². The maximum absolute atomic E-state index is 11.9. The highest BCUT2D eigenvalue weighted by atomic mass is 16.1. The fourth-order valence-corrected chi connectivity index (χ4v) is 3.19. The van der Waals surface area contributed by atoms with Crippen LogP contribution in [0.1, 0.15) is 36.5 Å². The van der Waals surface area contributed by atoms with Crippen molar-refractivity contribution in [3.63, 3.8) is 0 Å². The van der Waals surface area contributed by atoms with E-state index in [1.807, 2.05) is 6.20 Å². The minimum atomic E-state index is 0.182. The molecule has 7 heteroatoms. The van der Waals surface area contributed by atoms with E-state index in [1.165, 1.54) is 12.1 Å². The Morgan fingerprint density at radius 1 is 1.39 bits per heavy atom. The molecule has 0 bridgehead atoms. The molecule has 1 amide bonds. The number of nitrogens with zero attached hydrogens (tertiary/aromatic N) is 4. The van der Waals surface area contributed by atoms with Crippen LogP contribution in [0.3, 0.4) is 0 Å². The lowest BCUT2D eigenvalue weighted by Gasteiger charge is -2.26. The highest BCUT2D eigenvalue weighted by molar-refractivity contribution is 5.79. The molecule has 122 valence electrons. The molecule has 0 aromatic carbocycles. The number of imidazole rings is 1. The van der Waals surface area contributed by atoms with E-state index >= 15 is 0 Å². The third kappa shape index (κ3) is 3.14. The number of H-pyrrole nitrogens is 1. The van der Waals surface area contributed by atoms with E-state index in [0.717, 1.165) is 50.5 Å². The molecule has 2 aromatic heterocycles. The van der Waals surface area contributed by atoms with Crippen molar-refractivity contribution in [3.8, 4) is 0 Å².